The van der Waals surface area contributed by atoms with Crippen LogP contribution >= 0.6 is 0 Å². The first-order chi connectivity index (χ1) is 12.8. The number of rotatable bonds is 2. The molecule has 1 aromatic heterocycles. The fraction of sp³-hybridized carbons (Fsp3) is 0.500. The van der Waals surface area contributed by atoms with Crippen LogP contribution < -0.4 is 0 Å². The van der Waals surface area contributed by atoms with Crippen molar-refractivity contribution in [1.29, 1.82) is 0 Å². The van der Waals surface area contributed by atoms with Crippen molar-refractivity contribution >= 4 is 22.6 Å². The molecule has 0 saturated carbocycles. The lowest BCUT2D eigenvalue weighted by Crippen LogP contribution is -2.49. The number of ether oxygens (including phenoxy) is 1. The molecule has 2 aliphatic heterocycles. The Morgan fingerprint density at radius 1 is 1.11 bits per heavy atom. The van der Waals surface area contributed by atoms with Gasteiger partial charge in [-0.2, -0.15) is 0 Å². The Labute approximate surface area is 159 Å². The monoisotopic (exact) mass is 366 g/mol. The van der Waals surface area contributed by atoms with E-state index in [1.54, 1.807) is 12.4 Å². The number of Topliss-reactive ketones (excluding diaryl/α,β-unsaturated/α-hetero) is 1. The standard InChI is InChI=1S/C22H26N2O3/c1-22(2,3)27-21(26)24-16-7-8-17(24)12-15(11-16)20(25)18-6-4-5-14-9-10-23-13-19(14)18/h4-6,9-10,13,15-17H,7-8,11-12H2,1-3H3. The van der Waals surface area contributed by atoms with E-state index in [2.05, 4.69) is 4.98 Å². The van der Waals surface area contributed by atoms with Crippen LogP contribution in [0.25, 0.3) is 10.8 Å². The van der Waals surface area contributed by atoms with Gasteiger partial charge in [-0.05, 0) is 57.9 Å². The number of ketones is 1. The number of aromatic nitrogens is 1. The maximum Gasteiger partial charge on any atom is 0.410 e. The minimum atomic E-state index is -0.501. The third-order valence-electron chi connectivity index (χ3n) is 5.66. The van der Waals surface area contributed by atoms with Crippen molar-refractivity contribution in [2.45, 2.75) is 64.1 Å². The zero-order valence-corrected chi connectivity index (χ0v) is 16.1. The summed E-state index contributed by atoms with van der Waals surface area (Å²) in [7, 11) is 0. The van der Waals surface area contributed by atoms with Gasteiger partial charge in [0.15, 0.2) is 5.78 Å². The maximum absolute atomic E-state index is 13.3. The van der Waals surface area contributed by atoms with E-state index in [1.807, 2.05) is 49.9 Å². The first-order valence-electron chi connectivity index (χ1n) is 9.72. The summed E-state index contributed by atoms with van der Waals surface area (Å²) in [4.78, 5) is 32.0. The molecule has 27 heavy (non-hydrogen) atoms. The van der Waals surface area contributed by atoms with E-state index < -0.39 is 5.60 Å². The number of hydrogen-bond acceptors (Lipinski definition) is 4. The van der Waals surface area contributed by atoms with Crippen molar-refractivity contribution < 1.29 is 14.3 Å². The highest BCUT2D eigenvalue weighted by Gasteiger charge is 2.46. The van der Waals surface area contributed by atoms with E-state index in [-0.39, 0.29) is 29.9 Å². The molecule has 142 valence electrons. The van der Waals surface area contributed by atoms with Crippen molar-refractivity contribution in [1.82, 2.24) is 9.88 Å². The molecule has 4 rings (SSSR count). The predicted octanol–water partition coefficient (Wildman–Crippen LogP) is 4.60. The van der Waals surface area contributed by atoms with E-state index in [0.29, 0.717) is 12.8 Å². The predicted molar refractivity (Wildman–Crippen MR) is 104 cm³/mol. The van der Waals surface area contributed by atoms with Gasteiger partial charge in [0.25, 0.3) is 0 Å². The van der Waals surface area contributed by atoms with Gasteiger partial charge in [-0.3, -0.25) is 9.78 Å². The molecule has 0 aliphatic carbocycles. The molecule has 0 N–H and O–H groups in total. The fourth-order valence-electron chi connectivity index (χ4n) is 4.55. The van der Waals surface area contributed by atoms with Gasteiger partial charge in [-0.1, -0.05) is 18.2 Å². The number of amides is 1. The van der Waals surface area contributed by atoms with E-state index >= 15 is 0 Å². The summed E-state index contributed by atoms with van der Waals surface area (Å²) in [6.07, 6.45) is 6.60. The Morgan fingerprint density at radius 3 is 2.48 bits per heavy atom. The van der Waals surface area contributed by atoms with Crippen LogP contribution in [-0.4, -0.2) is 39.4 Å². The summed E-state index contributed by atoms with van der Waals surface area (Å²) >= 11 is 0. The normalized spacial score (nSPS) is 24.9. The first-order valence-corrected chi connectivity index (χ1v) is 9.72. The van der Waals surface area contributed by atoms with Gasteiger partial charge in [-0.15, -0.1) is 0 Å². The number of fused-ring (bicyclic) bond motifs is 3. The van der Waals surface area contributed by atoms with Gasteiger partial charge in [0.05, 0.1) is 0 Å². The summed E-state index contributed by atoms with van der Waals surface area (Å²) in [6.45, 7) is 5.66. The van der Waals surface area contributed by atoms with E-state index in [4.69, 9.17) is 4.74 Å². The third-order valence-corrected chi connectivity index (χ3v) is 5.66. The lowest BCUT2D eigenvalue weighted by Gasteiger charge is -2.39. The maximum atomic E-state index is 13.3. The highest BCUT2D eigenvalue weighted by Crippen LogP contribution is 2.41. The number of benzene rings is 1. The molecule has 0 spiro atoms. The van der Waals surface area contributed by atoms with Crippen LogP contribution in [0.4, 0.5) is 4.79 Å². The molecular formula is C22H26N2O3. The van der Waals surface area contributed by atoms with Crippen LogP contribution in [0.2, 0.25) is 0 Å². The minimum Gasteiger partial charge on any atom is -0.444 e. The fourth-order valence-corrected chi connectivity index (χ4v) is 4.55. The van der Waals surface area contributed by atoms with Crippen LogP contribution in [-0.2, 0) is 4.74 Å². The molecule has 3 heterocycles. The van der Waals surface area contributed by atoms with Crippen molar-refractivity contribution in [2.24, 2.45) is 5.92 Å². The van der Waals surface area contributed by atoms with E-state index in [0.717, 1.165) is 29.2 Å². The smallest absolute Gasteiger partial charge is 0.410 e. The second kappa shape index (κ2) is 6.63. The molecule has 5 nitrogen and oxygen atoms in total. The molecule has 2 atom stereocenters. The zero-order valence-electron chi connectivity index (χ0n) is 16.1. The molecule has 2 unspecified atom stereocenters. The zero-order chi connectivity index (χ0) is 19.2. The summed E-state index contributed by atoms with van der Waals surface area (Å²) in [6, 6.07) is 7.96. The van der Waals surface area contributed by atoms with Gasteiger partial charge in [0.1, 0.15) is 5.60 Å². The average Bonchev–Trinajstić information content (AvgIpc) is 2.89. The average molecular weight is 366 g/mol. The first kappa shape index (κ1) is 18.0. The molecule has 0 radical (unpaired) electrons. The van der Waals surface area contributed by atoms with Crippen LogP contribution in [0.15, 0.2) is 36.7 Å². The number of hydrogen-bond donors (Lipinski definition) is 0. The molecular weight excluding hydrogens is 340 g/mol. The SMILES string of the molecule is CC(C)(C)OC(=O)N1C2CCC1CC(C(=O)c1cccc3ccncc13)C2. The van der Waals surface area contributed by atoms with Gasteiger partial charge in [-0.25, -0.2) is 4.79 Å². The topological polar surface area (TPSA) is 59.5 Å². The van der Waals surface area contributed by atoms with Crippen LogP contribution in [0.5, 0.6) is 0 Å². The molecule has 2 aliphatic rings. The Bertz CT molecular complexity index is 867. The van der Waals surface area contributed by atoms with Gasteiger partial charge < -0.3 is 9.64 Å². The van der Waals surface area contributed by atoms with Crippen LogP contribution in [0, 0.1) is 5.92 Å². The van der Waals surface area contributed by atoms with Crippen LogP contribution in [0.1, 0.15) is 56.8 Å². The van der Waals surface area contributed by atoms with Crippen molar-refractivity contribution in [3.8, 4) is 0 Å². The van der Waals surface area contributed by atoms with E-state index in [9.17, 15) is 9.59 Å². The minimum absolute atomic E-state index is 0.0491. The highest BCUT2D eigenvalue weighted by molar-refractivity contribution is 6.09. The highest BCUT2D eigenvalue weighted by atomic mass is 16.6. The second-order valence-corrected chi connectivity index (χ2v) is 8.71. The molecule has 2 fully saturated rings. The molecule has 2 saturated heterocycles. The Hall–Kier alpha value is -2.43. The summed E-state index contributed by atoms with van der Waals surface area (Å²) in [5, 5.41) is 1.94. The molecule has 1 aromatic carbocycles. The van der Waals surface area contributed by atoms with Crippen LogP contribution in [0.3, 0.4) is 0 Å². The summed E-state index contributed by atoms with van der Waals surface area (Å²) in [5.74, 6) is 0.126. The number of nitrogens with zero attached hydrogens (tertiary/aromatic N) is 2. The second-order valence-electron chi connectivity index (χ2n) is 8.71. The number of carbonyl (C=O) groups excluding carboxylic acids is 2. The van der Waals surface area contributed by atoms with Crippen molar-refractivity contribution in [3.05, 3.63) is 42.2 Å². The summed E-state index contributed by atoms with van der Waals surface area (Å²) < 4.78 is 5.59. The largest absolute Gasteiger partial charge is 0.444 e. The number of carbonyl (C=O) groups is 2. The molecule has 1 amide bonds. The van der Waals surface area contributed by atoms with Gasteiger partial charge >= 0.3 is 6.09 Å². The third kappa shape index (κ3) is 3.43. The Balaban J connectivity index is 1.54. The van der Waals surface area contributed by atoms with Crippen molar-refractivity contribution in [3.63, 3.8) is 0 Å². The molecule has 5 heteroatoms. The van der Waals surface area contributed by atoms with E-state index in [1.165, 1.54) is 0 Å². The Morgan fingerprint density at radius 2 is 1.81 bits per heavy atom. The molecule has 2 aromatic rings. The van der Waals surface area contributed by atoms with Gasteiger partial charge in [0.2, 0.25) is 0 Å². The quantitative estimate of drug-likeness (QED) is 0.729. The Kier molecular flexibility index (Phi) is 4.41. The molecule has 2 bridgehead atoms. The summed E-state index contributed by atoms with van der Waals surface area (Å²) in [5.41, 5.74) is 0.245. The lowest BCUT2D eigenvalue weighted by molar-refractivity contribution is 0.00255. The van der Waals surface area contributed by atoms with Crippen molar-refractivity contribution in [2.75, 3.05) is 0 Å². The van der Waals surface area contributed by atoms with Gasteiger partial charge in [0, 0.05) is 41.3 Å². The number of piperidine rings is 1. The lowest BCUT2D eigenvalue weighted by atomic mass is 9.84. The number of pyridine rings is 1.